The molecule has 0 saturated heterocycles. The van der Waals surface area contributed by atoms with Gasteiger partial charge in [-0.05, 0) is 54.7 Å². The fraction of sp³-hybridized carbons (Fsp3) is 0.200. The molecule has 0 spiro atoms. The van der Waals surface area contributed by atoms with Crippen molar-refractivity contribution in [2.75, 3.05) is 0 Å². The van der Waals surface area contributed by atoms with Crippen molar-refractivity contribution in [3.63, 3.8) is 0 Å². The number of aromatic nitrogens is 1. The van der Waals surface area contributed by atoms with Crippen LogP contribution in [0.15, 0.2) is 102 Å². The van der Waals surface area contributed by atoms with E-state index in [0.29, 0.717) is 0 Å². The minimum absolute atomic E-state index is 0.00913. The summed E-state index contributed by atoms with van der Waals surface area (Å²) in [6.07, 6.45) is 2.20. The fourth-order valence-electron chi connectivity index (χ4n) is 4.24. The van der Waals surface area contributed by atoms with Crippen LogP contribution < -0.4 is 17.0 Å². The molecule has 0 radical (unpaired) electrons. The van der Waals surface area contributed by atoms with Crippen LogP contribution in [-0.2, 0) is 4.79 Å². The first kappa shape index (κ1) is 25.7. The molecular weight excluding hydrogens is 434 g/mol. The molecular formula is C30H33N3O2. The smallest absolute Gasteiger partial charge is 0.250 e. The van der Waals surface area contributed by atoms with E-state index in [-0.39, 0.29) is 30.0 Å². The van der Waals surface area contributed by atoms with E-state index in [4.69, 9.17) is 10.5 Å². The molecule has 2 unspecified atom stereocenters. The number of carbonyl (C=O) groups excluding carboxylic acids is 1. The van der Waals surface area contributed by atoms with Crippen LogP contribution in [0.5, 0.6) is 0 Å². The Labute approximate surface area is 207 Å². The number of hydrogen-bond donors (Lipinski definition) is 2. The number of nitrogens with two attached hydrogens (primary N) is 2. The third kappa shape index (κ3) is 6.34. The third-order valence-electron chi connectivity index (χ3n) is 6.05. The van der Waals surface area contributed by atoms with E-state index in [1.165, 1.54) is 11.1 Å². The van der Waals surface area contributed by atoms with E-state index in [0.717, 1.165) is 22.3 Å². The number of nitrogens with zero attached hydrogens (tertiary/aromatic N) is 1. The molecule has 0 saturated carbocycles. The molecule has 3 aromatic carbocycles. The van der Waals surface area contributed by atoms with Crippen molar-refractivity contribution in [1.82, 2.24) is 4.57 Å². The highest BCUT2D eigenvalue weighted by molar-refractivity contribution is 5.64. The van der Waals surface area contributed by atoms with E-state index in [1.54, 1.807) is 10.6 Å². The zero-order valence-electron chi connectivity index (χ0n) is 20.5. The van der Waals surface area contributed by atoms with Crippen LogP contribution in [0.25, 0.3) is 11.1 Å². The average molecular weight is 468 g/mol. The predicted octanol–water partition coefficient (Wildman–Crippen LogP) is 5.34. The van der Waals surface area contributed by atoms with Gasteiger partial charge in [0.25, 0.3) is 5.56 Å². The molecule has 35 heavy (non-hydrogen) atoms. The van der Waals surface area contributed by atoms with Crippen LogP contribution in [0.1, 0.15) is 54.1 Å². The Bertz CT molecular complexity index is 1300. The number of amides is 1. The number of rotatable bonds is 6. The molecule has 0 bridgehead atoms. The minimum atomic E-state index is -0.183. The van der Waals surface area contributed by atoms with Gasteiger partial charge in [-0.15, -0.1) is 0 Å². The fourth-order valence-corrected chi connectivity index (χ4v) is 4.24. The molecule has 5 nitrogen and oxygen atoms in total. The van der Waals surface area contributed by atoms with Crippen LogP contribution >= 0.6 is 0 Å². The summed E-state index contributed by atoms with van der Waals surface area (Å²) in [5, 5.41) is 0. The molecule has 1 amide bonds. The van der Waals surface area contributed by atoms with Gasteiger partial charge in [0.2, 0.25) is 6.41 Å². The number of aryl methyl sites for hydroxylation is 1. The lowest BCUT2D eigenvalue weighted by Gasteiger charge is -2.26. The number of primary amides is 1. The van der Waals surface area contributed by atoms with E-state index in [2.05, 4.69) is 85.5 Å². The Morgan fingerprint density at radius 1 is 0.771 bits per heavy atom. The van der Waals surface area contributed by atoms with E-state index in [9.17, 15) is 4.79 Å². The summed E-state index contributed by atoms with van der Waals surface area (Å²) >= 11 is 0. The molecule has 0 aliphatic carbocycles. The Balaban J connectivity index is 0.00000108. The molecule has 2 atom stereocenters. The van der Waals surface area contributed by atoms with Crippen LogP contribution in [0, 0.1) is 6.92 Å². The van der Waals surface area contributed by atoms with Crippen molar-refractivity contribution in [2.24, 2.45) is 11.5 Å². The maximum Gasteiger partial charge on any atom is 0.250 e. The Morgan fingerprint density at radius 2 is 1.40 bits per heavy atom. The molecule has 4 aromatic rings. The van der Waals surface area contributed by atoms with Crippen LogP contribution in [0.4, 0.5) is 0 Å². The summed E-state index contributed by atoms with van der Waals surface area (Å²) in [6.45, 7) is 6.13. The maximum atomic E-state index is 12.2. The second-order valence-electron chi connectivity index (χ2n) is 8.84. The van der Waals surface area contributed by atoms with Gasteiger partial charge >= 0.3 is 0 Å². The summed E-state index contributed by atoms with van der Waals surface area (Å²) in [4.78, 5) is 20.8. The predicted molar refractivity (Wildman–Crippen MR) is 143 cm³/mol. The van der Waals surface area contributed by atoms with Crippen molar-refractivity contribution in [2.45, 2.75) is 38.8 Å². The first-order chi connectivity index (χ1) is 16.8. The van der Waals surface area contributed by atoms with Crippen molar-refractivity contribution < 1.29 is 4.79 Å². The summed E-state index contributed by atoms with van der Waals surface area (Å²) in [5.74, 6) is 0.00913. The second-order valence-corrected chi connectivity index (χ2v) is 8.84. The molecule has 1 aromatic heterocycles. The minimum Gasteiger partial charge on any atom is -0.372 e. The molecule has 0 aliphatic rings. The molecule has 0 fully saturated rings. The van der Waals surface area contributed by atoms with Gasteiger partial charge in [0.1, 0.15) is 0 Å². The SMILES string of the molecule is Cc1ccc(C(N)C(c2ccccc2)c2cccc(-c3ccc(=O)n(C(C)C)c3)c2)cc1.NC=O. The highest BCUT2D eigenvalue weighted by Gasteiger charge is 2.24. The van der Waals surface area contributed by atoms with Crippen LogP contribution in [-0.4, -0.2) is 11.0 Å². The summed E-state index contributed by atoms with van der Waals surface area (Å²) in [5.41, 5.74) is 17.8. The number of benzene rings is 3. The van der Waals surface area contributed by atoms with E-state index in [1.807, 2.05) is 32.2 Å². The lowest BCUT2D eigenvalue weighted by molar-refractivity contribution is -0.106. The molecule has 1 heterocycles. The van der Waals surface area contributed by atoms with Gasteiger partial charge in [0.15, 0.2) is 0 Å². The van der Waals surface area contributed by atoms with Gasteiger partial charge in [0.05, 0.1) is 0 Å². The van der Waals surface area contributed by atoms with Gasteiger partial charge in [-0.3, -0.25) is 9.59 Å². The highest BCUT2D eigenvalue weighted by atomic mass is 16.1. The Morgan fingerprint density at radius 3 is 2.03 bits per heavy atom. The zero-order chi connectivity index (χ0) is 25.4. The first-order valence-electron chi connectivity index (χ1n) is 11.7. The Hall–Kier alpha value is -3.96. The van der Waals surface area contributed by atoms with Crippen molar-refractivity contribution in [1.29, 1.82) is 0 Å². The average Bonchev–Trinajstić information content (AvgIpc) is 2.86. The standard InChI is InChI=1S/C29H30N2O.CH3NO/c1-20(2)31-19-26(16-17-27(31)32)24-10-7-11-25(18-24)28(22-8-5-4-6-9-22)29(30)23-14-12-21(3)13-15-23;2-1-3/h4-20,28-29H,30H2,1-3H3;1H,(H2,2,3). The quantitative estimate of drug-likeness (QED) is 0.375. The first-order valence-corrected chi connectivity index (χ1v) is 11.7. The van der Waals surface area contributed by atoms with Crippen LogP contribution in [0.2, 0.25) is 0 Å². The van der Waals surface area contributed by atoms with Gasteiger partial charge in [0, 0.05) is 30.3 Å². The maximum absolute atomic E-state index is 12.2. The molecule has 4 N–H and O–H groups in total. The highest BCUT2D eigenvalue weighted by Crippen LogP contribution is 2.37. The summed E-state index contributed by atoms with van der Waals surface area (Å²) in [6, 6.07) is 30.9. The van der Waals surface area contributed by atoms with Gasteiger partial charge in [-0.25, -0.2) is 0 Å². The normalized spacial score (nSPS) is 12.4. The monoisotopic (exact) mass is 467 g/mol. The molecule has 0 aliphatic heterocycles. The largest absolute Gasteiger partial charge is 0.372 e. The van der Waals surface area contributed by atoms with Crippen LogP contribution in [0.3, 0.4) is 0 Å². The number of hydrogen-bond acceptors (Lipinski definition) is 3. The molecule has 4 rings (SSSR count). The van der Waals surface area contributed by atoms with Crippen molar-refractivity contribution >= 4 is 6.41 Å². The second kappa shape index (κ2) is 12.0. The van der Waals surface area contributed by atoms with E-state index < -0.39 is 0 Å². The lowest BCUT2D eigenvalue weighted by atomic mass is 9.81. The van der Waals surface area contributed by atoms with Gasteiger partial charge in [-0.1, -0.05) is 84.4 Å². The third-order valence-corrected chi connectivity index (χ3v) is 6.05. The zero-order valence-corrected chi connectivity index (χ0v) is 20.5. The molecule has 5 heteroatoms. The van der Waals surface area contributed by atoms with Gasteiger partial charge < -0.3 is 16.0 Å². The van der Waals surface area contributed by atoms with Crippen molar-refractivity contribution in [3.8, 4) is 11.1 Å². The van der Waals surface area contributed by atoms with Crippen molar-refractivity contribution in [3.05, 3.63) is 130 Å². The summed E-state index contributed by atoms with van der Waals surface area (Å²) in [7, 11) is 0. The number of carbonyl (C=O) groups is 1. The topological polar surface area (TPSA) is 91.1 Å². The summed E-state index contributed by atoms with van der Waals surface area (Å²) < 4.78 is 1.77. The Kier molecular flexibility index (Phi) is 8.76. The van der Waals surface area contributed by atoms with Gasteiger partial charge in [-0.2, -0.15) is 0 Å². The lowest BCUT2D eigenvalue weighted by Crippen LogP contribution is -2.21. The molecule has 180 valence electrons. The number of pyridine rings is 1. The van der Waals surface area contributed by atoms with E-state index >= 15 is 0 Å².